The lowest BCUT2D eigenvalue weighted by molar-refractivity contribution is -0.178. The van der Waals surface area contributed by atoms with Crippen LogP contribution in [0.1, 0.15) is 71.2 Å². The van der Waals surface area contributed by atoms with Gasteiger partial charge in [-0.15, -0.1) is 0 Å². The summed E-state index contributed by atoms with van der Waals surface area (Å²) in [6.07, 6.45) is -2.08. The highest BCUT2D eigenvalue weighted by molar-refractivity contribution is 5.97. The maximum Gasteiger partial charge on any atom is 0.410 e. The molecule has 0 aliphatic carbocycles. The van der Waals surface area contributed by atoms with Crippen LogP contribution in [0.15, 0.2) is 36.5 Å². The Morgan fingerprint density at radius 2 is 1.74 bits per heavy atom. The van der Waals surface area contributed by atoms with Crippen molar-refractivity contribution in [2.24, 2.45) is 0 Å². The highest BCUT2D eigenvalue weighted by atomic mass is 19.4. The molecular formula is C34H45F4N5O3. The number of likely N-dealkylation sites (tertiary alicyclic amines) is 1. The van der Waals surface area contributed by atoms with E-state index >= 15 is 0 Å². The lowest BCUT2D eigenvalue weighted by atomic mass is 9.91. The highest BCUT2D eigenvalue weighted by Crippen LogP contribution is 2.40. The van der Waals surface area contributed by atoms with E-state index in [1.165, 1.54) is 17.0 Å². The molecule has 12 heteroatoms. The molecule has 1 aromatic heterocycles. The number of carbonyl (C=O) groups excluding carboxylic acids is 2. The van der Waals surface area contributed by atoms with Crippen LogP contribution >= 0.6 is 0 Å². The van der Waals surface area contributed by atoms with Gasteiger partial charge in [0, 0.05) is 49.9 Å². The summed E-state index contributed by atoms with van der Waals surface area (Å²) in [6, 6.07) is 5.85. The molecule has 1 aromatic carbocycles. The van der Waals surface area contributed by atoms with Gasteiger partial charge in [0.05, 0.1) is 17.9 Å². The smallest absolute Gasteiger partial charge is 0.410 e. The molecule has 2 aromatic rings. The van der Waals surface area contributed by atoms with Crippen molar-refractivity contribution in [1.82, 2.24) is 19.7 Å². The first-order valence-corrected chi connectivity index (χ1v) is 16.0. The number of pyridine rings is 1. The first kappa shape index (κ1) is 34.1. The van der Waals surface area contributed by atoms with E-state index in [2.05, 4.69) is 0 Å². The molecule has 5 rings (SSSR count). The van der Waals surface area contributed by atoms with Crippen LogP contribution in [0.3, 0.4) is 0 Å². The topological polar surface area (TPSA) is 69.2 Å². The van der Waals surface area contributed by atoms with Gasteiger partial charge in [-0.3, -0.25) is 19.6 Å². The summed E-state index contributed by atoms with van der Waals surface area (Å²) < 4.78 is 60.8. The van der Waals surface area contributed by atoms with E-state index in [1.54, 1.807) is 48.9 Å². The number of carbonyl (C=O) groups is 2. The second-order valence-electron chi connectivity index (χ2n) is 14.6. The minimum absolute atomic E-state index is 0.0145. The molecular weight excluding hydrogens is 602 g/mol. The molecule has 3 aliphatic heterocycles. The standard InChI is InChI=1S/C34H45F4N5O3/c1-22-17-41(26(19-42(22)31(45)46-32(2,3)4)18-40-13-7-8-28(40)34(36,37)38)20-29(44)43-21-33(5,6)30-27(43)15-24(16-39-30)14-23-9-11-25(35)12-10-23/h9-12,15-16,22,26,28H,7-8,13-14,17-21H2,1-6H3/t22-,26+,28-/m1/s1. The van der Waals surface area contributed by atoms with E-state index in [-0.39, 0.29) is 43.8 Å². The van der Waals surface area contributed by atoms with Gasteiger partial charge in [-0.1, -0.05) is 26.0 Å². The number of hydrogen-bond acceptors (Lipinski definition) is 6. The van der Waals surface area contributed by atoms with Crippen LogP contribution in [-0.2, 0) is 21.4 Å². The summed E-state index contributed by atoms with van der Waals surface area (Å²) in [5.41, 5.74) is 2.17. The summed E-state index contributed by atoms with van der Waals surface area (Å²) >= 11 is 0. The SMILES string of the molecule is C[C@@H]1CN(CC(=O)N2CC(C)(C)c3ncc(Cc4ccc(F)cc4)cc32)[C@@H](CN2CCC[C@@H]2C(F)(F)F)CN1C(=O)OC(C)(C)C. The Hall–Kier alpha value is -3.25. The molecule has 2 saturated heterocycles. The van der Waals surface area contributed by atoms with Gasteiger partial charge in [0.1, 0.15) is 17.5 Å². The third-order valence-corrected chi connectivity index (χ3v) is 9.14. The lowest BCUT2D eigenvalue weighted by Gasteiger charge is -2.46. The van der Waals surface area contributed by atoms with Gasteiger partial charge in [-0.2, -0.15) is 13.2 Å². The molecule has 4 heterocycles. The number of amides is 2. The van der Waals surface area contributed by atoms with Crippen molar-refractivity contribution in [3.8, 4) is 0 Å². The monoisotopic (exact) mass is 647 g/mol. The van der Waals surface area contributed by atoms with Crippen molar-refractivity contribution in [2.45, 2.75) is 96.1 Å². The van der Waals surface area contributed by atoms with Crippen molar-refractivity contribution >= 4 is 17.7 Å². The van der Waals surface area contributed by atoms with Crippen molar-refractivity contribution in [2.75, 3.05) is 44.2 Å². The normalized spacial score (nSPS) is 23.9. The van der Waals surface area contributed by atoms with E-state index in [0.29, 0.717) is 38.2 Å². The van der Waals surface area contributed by atoms with Gasteiger partial charge in [0.25, 0.3) is 0 Å². The summed E-state index contributed by atoms with van der Waals surface area (Å²) in [6.45, 7) is 12.5. The number of anilines is 1. The molecule has 46 heavy (non-hydrogen) atoms. The van der Waals surface area contributed by atoms with Crippen LogP contribution < -0.4 is 4.90 Å². The van der Waals surface area contributed by atoms with Gasteiger partial charge in [0.15, 0.2) is 0 Å². The molecule has 0 saturated carbocycles. The van der Waals surface area contributed by atoms with Crippen LogP contribution in [0.2, 0.25) is 0 Å². The number of piperazine rings is 1. The molecule has 0 N–H and O–H groups in total. The van der Waals surface area contributed by atoms with Crippen molar-refractivity contribution in [3.05, 3.63) is 59.2 Å². The number of halogens is 4. The van der Waals surface area contributed by atoms with Crippen molar-refractivity contribution < 1.29 is 31.9 Å². The Morgan fingerprint density at radius 1 is 1.04 bits per heavy atom. The van der Waals surface area contributed by atoms with Crippen LogP contribution in [0.4, 0.5) is 28.0 Å². The first-order chi connectivity index (χ1) is 21.4. The summed E-state index contributed by atoms with van der Waals surface area (Å²) in [5, 5.41) is 0. The zero-order valence-corrected chi connectivity index (χ0v) is 27.5. The molecule has 3 aliphatic rings. The maximum absolute atomic E-state index is 14.1. The lowest BCUT2D eigenvalue weighted by Crippen LogP contribution is -2.64. The summed E-state index contributed by atoms with van der Waals surface area (Å²) in [5.74, 6) is -0.489. The molecule has 0 unspecified atom stereocenters. The Balaban J connectivity index is 1.38. The van der Waals surface area contributed by atoms with E-state index < -0.39 is 35.4 Å². The number of rotatable bonds is 6. The second kappa shape index (κ2) is 12.7. The molecule has 2 amide bonds. The second-order valence-corrected chi connectivity index (χ2v) is 14.6. The molecule has 3 atom stereocenters. The van der Waals surface area contributed by atoms with Crippen LogP contribution in [0.5, 0.6) is 0 Å². The summed E-state index contributed by atoms with van der Waals surface area (Å²) in [4.78, 5) is 38.7. The Morgan fingerprint density at radius 3 is 2.39 bits per heavy atom. The minimum atomic E-state index is -4.35. The minimum Gasteiger partial charge on any atom is -0.444 e. The number of alkyl halides is 3. The molecule has 0 spiro atoms. The van der Waals surface area contributed by atoms with Gasteiger partial charge in [0.2, 0.25) is 5.91 Å². The highest BCUT2D eigenvalue weighted by Gasteiger charge is 2.48. The van der Waals surface area contributed by atoms with Gasteiger partial charge < -0.3 is 14.5 Å². The van der Waals surface area contributed by atoms with E-state index in [0.717, 1.165) is 16.8 Å². The zero-order valence-electron chi connectivity index (χ0n) is 27.5. The number of aromatic nitrogens is 1. The average Bonchev–Trinajstić information content (AvgIpc) is 3.52. The predicted octanol–water partition coefficient (Wildman–Crippen LogP) is 5.77. The van der Waals surface area contributed by atoms with Crippen molar-refractivity contribution in [3.63, 3.8) is 0 Å². The number of nitrogens with zero attached hydrogens (tertiary/aromatic N) is 5. The predicted molar refractivity (Wildman–Crippen MR) is 167 cm³/mol. The molecule has 2 fully saturated rings. The fourth-order valence-corrected chi connectivity index (χ4v) is 6.93. The van der Waals surface area contributed by atoms with Gasteiger partial charge in [-0.25, -0.2) is 9.18 Å². The third-order valence-electron chi connectivity index (χ3n) is 9.14. The Kier molecular flexibility index (Phi) is 9.45. The maximum atomic E-state index is 14.1. The first-order valence-electron chi connectivity index (χ1n) is 16.0. The zero-order chi connectivity index (χ0) is 33.6. The Labute approximate surface area is 268 Å². The number of fused-ring (bicyclic) bond motifs is 1. The van der Waals surface area contributed by atoms with Crippen LogP contribution in [0.25, 0.3) is 0 Å². The average molecular weight is 648 g/mol. The van der Waals surface area contributed by atoms with E-state index in [9.17, 15) is 27.2 Å². The number of ether oxygens (including phenoxy) is 1. The summed E-state index contributed by atoms with van der Waals surface area (Å²) in [7, 11) is 0. The molecule has 0 radical (unpaired) electrons. The third kappa shape index (κ3) is 7.65. The van der Waals surface area contributed by atoms with Crippen molar-refractivity contribution in [1.29, 1.82) is 0 Å². The van der Waals surface area contributed by atoms with Gasteiger partial charge in [-0.05, 0) is 82.8 Å². The number of hydrogen-bond donors (Lipinski definition) is 0. The molecule has 0 bridgehead atoms. The fourth-order valence-electron chi connectivity index (χ4n) is 6.93. The molecule has 8 nitrogen and oxygen atoms in total. The van der Waals surface area contributed by atoms with E-state index in [4.69, 9.17) is 9.72 Å². The Bertz CT molecular complexity index is 1430. The van der Waals surface area contributed by atoms with E-state index in [1.807, 2.05) is 31.7 Å². The number of benzene rings is 1. The van der Waals surface area contributed by atoms with Gasteiger partial charge >= 0.3 is 12.3 Å². The quantitative estimate of drug-likeness (QED) is 0.371. The molecule has 252 valence electrons. The van der Waals surface area contributed by atoms with Crippen LogP contribution in [-0.4, -0.2) is 101 Å². The fraction of sp³-hybridized carbons (Fsp3) is 0.618. The van der Waals surface area contributed by atoms with Crippen LogP contribution in [0, 0.1) is 5.82 Å². The largest absolute Gasteiger partial charge is 0.444 e.